The van der Waals surface area contributed by atoms with Gasteiger partial charge in [-0.2, -0.15) is 24.9 Å². The van der Waals surface area contributed by atoms with Gasteiger partial charge in [0, 0.05) is 49.3 Å². The zero-order valence-electron chi connectivity index (χ0n) is 12.5. The zero-order valence-corrected chi connectivity index (χ0v) is 14.1. The molecule has 1 aliphatic rings. The van der Waals surface area contributed by atoms with Crippen LogP contribution in [0.25, 0.3) is 10.4 Å². The van der Waals surface area contributed by atoms with Crippen LogP contribution < -0.4 is 4.90 Å². The lowest BCUT2D eigenvalue weighted by atomic mass is 10.2. The largest absolute Gasteiger partial charge is 0.389 e. The number of alkyl halides is 3. The van der Waals surface area contributed by atoms with Gasteiger partial charge >= 0.3 is 6.18 Å². The summed E-state index contributed by atoms with van der Waals surface area (Å²) in [4.78, 5) is 7.40. The van der Waals surface area contributed by atoms with E-state index in [2.05, 4.69) is 22.0 Å². The molecule has 1 aromatic heterocycles. The average molecular weight is 358 g/mol. The van der Waals surface area contributed by atoms with E-state index in [4.69, 9.17) is 0 Å². The molecule has 2 aromatic rings. The smallest absolute Gasteiger partial charge is 0.370 e. The molecule has 0 spiro atoms. The molecule has 7 heteroatoms. The number of hydrogen-bond donors (Lipinski definition) is 0. The highest BCUT2D eigenvalue weighted by Gasteiger charge is 2.27. The van der Waals surface area contributed by atoms with Gasteiger partial charge in [-0.05, 0) is 17.7 Å². The number of aryl methyl sites for hydroxylation is 1. The van der Waals surface area contributed by atoms with Gasteiger partial charge in [-0.3, -0.25) is 0 Å². The van der Waals surface area contributed by atoms with Crippen LogP contribution in [0.5, 0.6) is 0 Å². The Bertz CT molecular complexity index is 632. The second-order valence-corrected chi connectivity index (χ2v) is 7.72. The van der Waals surface area contributed by atoms with Gasteiger partial charge in [0.05, 0.1) is 9.88 Å². The highest BCUT2D eigenvalue weighted by atomic mass is 32.2. The van der Waals surface area contributed by atoms with Crippen LogP contribution in [-0.2, 0) is 6.42 Å². The Balaban J connectivity index is 1.66. The van der Waals surface area contributed by atoms with Gasteiger partial charge in [0.15, 0.2) is 0 Å². The van der Waals surface area contributed by atoms with Gasteiger partial charge < -0.3 is 4.90 Å². The van der Waals surface area contributed by atoms with E-state index in [9.17, 15) is 13.2 Å². The standard InChI is InChI=1S/C16H17F3N2S2/c17-16(18,19)6-5-15-20-11-14(23-15)12-1-3-13(4-2-12)21-7-9-22-10-8-21/h1-4,11H,5-10H2. The van der Waals surface area contributed by atoms with Crippen molar-refractivity contribution in [3.05, 3.63) is 35.5 Å². The number of nitrogens with zero attached hydrogens (tertiary/aromatic N) is 2. The molecular weight excluding hydrogens is 341 g/mol. The van der Waals surface area contributed by atoms with E-state index in [1.807, 2.05) is 23.9 Å². The molecule has 2 nitrogen and oxygen atoms in total. The van der Waals surface area contributed by atoms with Crippen molar-refractivity contribution in [1.29, 1.82) is 0 Å². The SMILES string of the molecule is FC(F)(F)CCc1ncc(-c2ccc(N3CCSCC3)cc2)s1. The summed E-state index contributed by atoms with van der Waals surface area (Å²) in [5.41, 5.74) is 2.21. The number of thioether (sulfide) groups is 1. The van der Waals surface area contributed by atoms with Crippen LogP contribution in [0.1, 0.15) is 11.4 Å². The van der Waals surface area contributed by atoms with E-state index >= 15 is 0 Å². The lowest BCUT2D eigenvalue weighted by Crippen LogP contribution is -2.32. The maximum atomic E-state index is 12.3. The Morgan fingerprint density at radius 1 is 1.09 bits per heavy atom. The molecule has 0 aliphatic carbocycles. The molecule has 3 rings (SSSR count). The number of rotatable bonds is 4. The minimum absolute atomic E-state index is 0.0440. The van der Waals surface area contributed by atoms with Crippen LogP contribution in [0.2, 0.25) is 0 Å². The first-order chi connectivity index (χ1) is 11.0. The summed E-state index contributed by atoms with van der Waals surface area (Å²) in [7, 11) is 0. The summed E-state index contributed by atoms with van der Waals surface area (Å²) >= 11 is 3.31. The number of anilines is 1. The third-order valence-electron chi connectivity index (χ3n) is 3.70. The molecule has 23 heavy (non-hydrogen) atoms. The Hall–Kier alpha value is -1.21. The number of hydrogen-bond acceptors (Lipinski definition) is 4. The lowest BCUT2D eigenvalue weighted by molar-refractivity contribution is -0.133. The molecule has 1 saturated heterocycles. The van der Waals surface area contributed by atoms with Crippen molar-refractivity contribution < 1.29 is 13.2 Å². The molecule has 1 aromatic carbocycles. The van der Waals surface area contributed by atoms with Crippen molar-refractivity contribution in [1.82, 2.24) is 4.98 Å². The molecule has 0 atom stereocenters. The van der Waals surface area contributed by atoms with E-state index in [1.165, 1.54) is 17.0 Å². The number of benzene rings is 1. The van der Waals surface area contributed by atoms with Crippen molar-refractivity contribution in [3.63, 3.8) is 0 Å². The number of aromatic nitrogens is 1. The Morgan fingerprint density at radius 2 is 1.78 bits per heavy atom. The van der Waals surface area contributed by atoms with Gasteiger partial charge in [-0.15, -0.1) is 11.3 Å². The molecule has 1 fully saturated rings. The van der Waals surface area contributed by atoms with Crippen molar-refractivity contribution >= 4 is 28.8 Å². The van der Waals surface area contributed by atoms with Crippen molar-refractivity contribution in [2.24, 2.45) is 0 Å². The minimum atomic E-state index is -4.12. The van der Waals surface area contributed by atoms with Crippen molar-refractivity contribution in [2.45, 2.75) is 19.0 Å². The molecule has 0 N–H and O–H groups in total. The van der Waals surface area contributed by atoms with E-state index in [0.29, 0.717) is 5.01 Å². The summed E-state index contributed by atoms with van der Waals surface area (Å²) in [6.45, 7) is 2.12. The predicted molar refractivity (Wildman–Crippen MR) is 91.5 cm³/mol. The first-order valence-corrected chi connectivity index (χ1v) is 9.43. The highest BCUT2D eigenvalue weighted by molar-refractivity contribution is 7.99. The van der Waals surface area contributed by atoms with Crippen LogP contribution in [0.15, 0.2) is 30.5 Å². The van der Waals surface area contributed by atoms with E-state index < -0.39 is 12.6 Å². The molecular formula is C16H17F3N2S2. The zero-order chi connectivity index (χ0) is 16.3. The van der Waals surface area contributed by atoms with Gasteiger partial charge in [-0.1, -0.05) is 12.1 Å². The predicted octanol–water partition coefficient (Wildman–Crippen LogP) is 4.86. The lowest BCUT2D eigenvalue weighted by Gasteiger charge is -2.28. The molecule has 0 amide bonds. The summed E-state index contributed by atoms with van der Waals surface area (Å²) in [5.74, 6) is 2.30. The van der Waals surface area contributed by atoms with Crippen LogP contribution >= 0.6 is 23.1 Å². The first kappa shape index (κ1) is 16.6. The second kappa shape index (κ2) is 7.13. The Morgan fingerprint density at radius 3 is 2.43 bits per heavy atom. The van der Waals surface area contributed by atoms with Crippen LogP contribution in [0.4, 0.5) is 18.9 Å². The minimum Gasteiger partial charge on any atom is -0.370 e. The molecule has 1 aliphatic heterocycles. The van der Waals surface area contributed by atoms with E-state index in [-0.39, 0.29) is 6.42 Å². The summed E-state index contributed by atoms with van der Waals surface area (Å²) in [5, 5.41) is 0.537. The van der Waals surface area contributed by atoms with Crippen LogP contribution in [-0.4, -0.2) is 35.8 Å². The molecule has 124 valence electrons. The average Bonchev–Trinajstić information content (AvgIpc) is 3.02. The van der Waals surface area contributed by atoms with E-state index in [1.54, 1.807) is 6.20 Å². The summed E-state index contributed by atoms with van der Waals surface area (Å²) in [6, 6.07) is 8.22. The second-order valence-electron chi connectivity index (χ2n) is 5.38. The molecule has 0 saturated carbocycles. The fourth-order valence-corrected chi connectivity index (χ4v) is 4.29. The van der Waals surface area contributed by atoms with Gasteiger partial charge in [0.2, 0.25) is 0 Å². The maximum absolute atomic E-state index is 12.3. The summed E-state index contributed by atoms with van der Waals surface area (Å²) in [6.07, 6.45) is -3.31. The monoisotopic (exact) mass is 358 g/mol. The van der Waals surface area contributed by atoms with Crippen molar-refractivity contribution in [2.75, 3.05) is 29.5 Å². The third-order valence-corrected chi connectivity index (χ3v) is 5.75. The maximum Gasteiger partial charge on any atom is 0.389 e. The Labute approximate surface area is 141 Å². The molecule has 2 heterocycles. The third kappa shape index (κ3) is 4.64. The van der Waals surface area contributed by atoms with Gasteiger partial charge in [0.1, 0.15) is 0 Å². The first-order valence-electron chi connectivity index (χ1n) is 7.46. The highest BCUT2D eigenvalue weighted by Crippen LogP contribution is 2.30. The topological polar surface area (TPSA) is 16.1 Å². The van der Waals surface area contributed by atoms with Gasteiger partial charge in [-0.25, -0.2) is 4.98 Å². The van der Waals surface area contributed by atoms with E-state index in [0.717, 1.165) is 35.0 Å². The number of halogens is 3. The van der Waals surface area contributed by atoms with Crippen LogP contribution in [0, 0.1) is 0 Å². The fourth-order valence-electron chi connectivity index (χ4n) is 2.47. The van der Waals surface area contributed by atoms with Gasteiger partial charge in [0.25, 0.3) is 0 Å². The normalized spacial score (nSPS) is 15.9. The van der Waals surface area contributed by atoms with Crippen LogP contribution in [0.3, 0.4) is 0 Å². The molecule has 0 bridgehead atoms. The number of thiazole rings is 1. The Kier molecular flexibility index (Phi) is 5.16. The van der Waals surface area contributed by atoms with Crippen molar-refractivity contribution in [3.8, 4) is 10.4 Å². The molecule has 0 radical (unpaired) electrons. The quantitative estimate of drug-likeness (QED) is 0.777. The summed E-state index contributed by atoms with van der Waals surface area (Å²) < 4.78 is 36.8. The fraction of sp³-hybridized carbons (Fsp3) is 0.438. The molecule has 0 unspecified atom stereocenters.